The number of nitrogens with one attached hydrogen (secondary N) is 1. The minimum atomic E-state index is -0.186. The van der Waals surface area contributed by atoms with Crippen molar-refractivity contribution in [1.82, 2.24) is 0 Å². The van der Waals surface area contributed by atoms with Crippen LogP contribution in [-0.4, -0.2) is 13.1 Å². The number of rotatable bonds is 4. The first-order valence-corrected chi connectivity index (χ1v) is 8.04. The number of hydrogen-bond donors (Lipinski definition) is 1. The number of nitrogens with zero attached hydrogens (tertiary/aromatic N) is 1. The lowest BCUT2D eigenvalue weighted by molar-refractivity contribution is 0.438. The molecule has 0 radical (unpaired) electrons. The van der Waals surface area contributed by atoms with E-state index in [-0.39, 0.29) is 5.82 Å². The molecule has 116 valence electrons. The molecule has 0 aliphatic carbocycles. The topological polar surface area (TPSA) is 15.3 Å². The third-order valence-electron chi connectivity index (χ3n) is 4.40. The highest BCUT2D eigenvalue weighted by Gasteiger charge is 2.15. The van der Waals surface area contributed by atoms with Crippen LogP contribution in [0.2, 0.25) is 0 Å². The smallest absolute Gasteiger partial charge is 0.123 e. The van der Waals surface area contributed by atoms with Crippen molar-refractivity contribution in [3.63, 3.8) is 0 Å². The molecule has 1 saturated heterocycles. The molecule has 0 atom stereocenters. The fourth-order valence-electron chi connectivity index (χ4n) is 2.91. The summed E-state index contributed by atoms with van der Waals surface area (Å²) >= 11 is 0. The molecule has 2 aromatic rings. The molecule has 2 aromatic carbocycles. The van der Waals surface area contributed by atoms with Gasteiger partial charge in [0.1, 0.15) is 5.82 Å². The summed E-state index contributed by atoms with van der Waals surface area (Å²) in [6, 6.07) is 15.3. The maximum atomic E-state index is 13.1. The van der Waals surface area contributed by atoms with E-state index in [1.807, 2.05) is 6.07 Å². The molecule has 0 amide bonds. The maximum Gasteiger partial charge on any atom is 0.123 e. The van der Waals surface area contributed by atoms with E-state index in [0.29, 0.717) is 6.54 Å². The van der Waals surface area contributed by atoms with Crippen molar-refractivity contribution < 1.29 is 4.39 Å². The summed E-state index contributed by atoms with van der Waals surface area (Å²) < 4.78 is 13.1. The molecule has 3 rings (SSSR count). The summed E-state index contributed by atoms with van der Waals surface area (Å²) in [5, 5.41) is 3.34. The molecular formula is C19H23FN2. The van der Waals surface area contributed by atoms with Crippen LogP contribution in [0.15, 0.2) is 48.5 Å². The van der Waals surface area contributed by atoms with Gasteiger partial charge in [0.2, 0.25) is 0 Å². The van der Waals surface area contributed by atoms with Crippen molar-refractivity contribution in [3.8, 4) is 0 Å². The molecule has 1 aliphatic heterocycles. The maximum absolute atomic E-state index is 13.1. The van der Waals surface area contributed by atoms with Crippen LogP contribution in [0.5, 0.6) is 0 Å². The van der Waals surface area contributed by atoms with E-state index in [0.717, 1.165) is 30.3 Å². The quantitative estimate of drug-likeness (QED) is 0.882. The van der Waals surface area contributed by atoms with Gasteiger partial charge in [0.25, 0.3) is 0 Å². The Bertz CT molecular complexity index is 601. The molecule has 0 spiro atoms. The Hall–Kier alpha value is -2.03. The van der Waals surface area contributed by atoms with Gasteiger partial charge in [0, 0.05) is 31.0 Å². The van der Waals surface area contributed by atoms with E-state index in [4.69, 9.17) is 0 Å². The van der Waals surface area contributed by atoms with Crippen LogP contribution in [0.4, 0.5) is 15.8 Å². The van der Waals surface area contributed by atoms with Crippen molar-refractivity contribution >= 4 is 11.4 Å². The molecule has 1 N–H and O–H groups in total. The van der Waals surface area contributed by atoms with Crippen LogP contribution in [0.3, 0.4) is 0 Å². The molecule has 0 unspecified atom stereocenters. The minimum Gasteiger partial charge on any atom is -0.381 e. The summed E-state index contributed by atoms with van der Waals surface area (Å²) in [4.78, 5) is 2.45. The van der Waals surface area contributed by atoms with Gasteiger partial charge in [-0.3, -0.25) is 0 Å². The first-order chi connectivity index (χ1) is 10.7. The summed E-state index contributed by atoms with van der Waals surface area (Å²) in [6.07, 6.45) is 2.55. The van der Waals surface area contributed by atoms with E-state index in [1.54, 1.807) is 12.1 Å². The van der Waals surface area contributed by atoms with Crippen LogP contribution in [0.1, 0.15) is 25.3 Å². The molecular weight excluding hydrogens is 275 g/mol. The second kappa shape index (κ2) is 6.82. The van der Waals surface area contributed by atoms with E-state index >= 15 is 0 Å². The predicted octanol–water partition coefficient (Wildman–Crippen LogP) is 4.67. The molecule has 2 nitrogen and oxygen atoms in total. The van der Waals surface area contributed by atoms with Gasteiger partial charge in [-0.1, -0.05) is 19.1 Å². The number of anilines is 2. The Morgan fingerprint density at radius 2 is 1.82 bits per heavy atom. The first kappa shape index (κ1) is 14.9. The standard InChI is InChI=1S/C19H23FN2/c1-15-9-11-22(12-10-15)19-7-5-18(6-8-19)21-14-16-3-2-4-17(20)13-16/h2-8,13,15,21H,9-12,14H2,1H3. The largest absolute Gasteiger partial charge is 0.381 e. The lowest BCUT2D eigenvalue weighted by Gasteiger charge is -2.32. The van der Waals surface area contributed by atoms with Crippen molar-refractivity contribution in [3.05, 3.63) is 59.9 Å². The van der Waals surface area contributed by atoms with Gasteiger partial charge in [0.05, 0.1) is 0 Å². The molecule has 22 heavy (non-hydrogen) atoms. The molecule has 1 heterocycles. The Morgan fingerprint density at radius 3 is 2.50 bits per heavy atom. The number of hydrogen-bond acceptors (Lipinski definition) is 2. The normalized spacial score (nSPS) is 15.8. The highest BCUT2D eigenvalue weighted by Crippen LogP contribution is 2.24. The van der Waals surface area contributed by atoms with Crippen molar-refractivity contribution in [2.45, 2.75) is 26.3 Å². The van der Waals surface area contributed by atoms with Gasteiger partial charge in [0.15, 0.2) is 0 Å². The van der Waals surface area contributed by atoms with Gasteiger partial charge in [-0.2, -0.15) is 0 Å². The highest BCUT2D eigenvalue weighted by atomic mass is 19.1. The van der Waals surface area contributed by atoms with Gasteiger partial charge < -0.3 is 10.2 Å². The fraction of sp³-hybridized carbons (Fsp3) is 0.368. The molecule has 1 fully saturated rings. The second-order valence-electron chi connectivity index (χ2n) is 6.20. The summed E-state index contributed by atoms with van der Waals surface area (Å²) in [5.41, 5.74) is 3.32. The zero-order valence-corrected chi connectivity index (χ0v) is 13.1. The molecule has 0 saturated carbocycles. The Balaban J connectivity index is 1.57. The van der Waals surface area contributed by atoms with Crippen molar-refractivity contribution in [1.29, 1.82) is 0 Å². The monoisotopic (exact) mass is 298 g/mol. The molecule has 3 heteroatoms. The Kier molecular flexibility index (Phi) is 4.62. The lowest BCUT2D eigenvalue weighted by atomic mass is 9.99. The predicted molar refractivity (Wildman–Crippen MR) is 90.8 cm³/mol. The van der Waals surface area contributed by atoms with Gasteiger partial charge in [-0.15, -0.1) is 0 Å². The zero-order chi connectivity index (χ0) is 15.4. The van der Waals surface area contributed by atoms with E-state index < -0.39 is 0 Å². The van der Waals surface area contributed by atoms with Gasteiger partial charge >= 0.3 is 0 Å². The Morgan fingerprint density at radius 1 is 1.09 bits per heavy atom. The first-order valence-electron chi connectivity index (χ1n) is 8.04. The third-order valence-corrected chi connectivity index (χ3v) is 4.40. The van der Waals surface area contributed by atoms with Crippen LogP contribution in [0, 0.1) is 11.7 Å². The number of benzene rings is 2. The Labute approximate surface area is 132 Å². The van der Waals surface area contributed by atoms with E-state index in [9.17, 15) is 4.39 Å². The lowest BCUT2D eigenvalue weighted by Crippen LogP contribution is -2.32. The summed E-state index contributed by atoms with van der Waals surface area (Å²) in [5.74, 6) is 0.664. The van der Waals surface area contributed by atoms with Crippen LogP contribution >= 0.6 is 0 Å². The third kappa shape index (κ3) is 3.79. The highest BCUT2D eigenvalue weighted by molar-refractivity contribution is 5.55. The molecule has 0 aromatic heterocycles. The molecule has 1 aliphatic rings. The second-order valence-corrected chi connectivity index (χ2v) is 6.20. The summed E-state index contributed by atoms with van der Waals surface area (Å²) in [6.45, 7) is 5.27. The number of piperidine rings is 1. The SMILES string of the molecule is CC1CCN(c2ccc(NCc3cccc(F)c3)cc2)CC1. The van der Waals surface area contributed by atoms with Crippen LogP contribution < -0.4 is 10.2 Å². The average molecular weight is 298 g/mol. The van der Waals surface area contributed by atoms with Crippen molar-refractivity contribution in [2.24, 2.45) is 5.92 Å². The summed E-state index contributed by atoms with van der Waals surface area (Å²) in [7, 11) is 0. The van der Waals surface area contributed by atoms with Crippen molar-refractivity contribution in [2.75, 3.05) is 23.3 Å². The molecule has 0 bridgehead atoms. The number of halogens is 1. The zero-order valence-electron chi connectivity index (χ0n) is 13.1. The fourth-order valence-corrected chi connectivity index (χ4v) is 2.91. The minimum absolute atomic E-state index is 0.186. The van der Waals surface area contributed by atoms with E-state index in [1.165, 1.54) is 24.6 Å². The van der Waals surface area contributed by atoms with Gasteiger partial charge in [-0.05, 0) is 60.7 Å². The average Bonchev–Trinajstić information content (AvgIpc) is 2.54. The van der Waals surface area contributed by atoms with E-state index in [2.05, 4.69) is 41.4 Å². The van der Waals surface area contributed by atoms with Crippen LogP contribution in [-0.2, 0) is 6.54 Å². The van der Waals surface area contributed by atoms with Gasteiger partial charge in [-0.25, -0.2) is 4.39 Å². The van der Waals surface area contributed by atoms with Crippen LogP contribution in [0.25, 0.3) is 0 Å².